The average molecular weight is 315 g/mol. The van der Waals surface area contributed by atoms with Crippen LogP contribution in [0.25, 0.3) is 0 Å². The van der Waals surface area contributed by atoms with Gasteiger partial charge in [0.2, 0.25) is 0 Å². The zero-order valence-electron chi connectivity index (χ0n) is 7.57. The minimum atomic E-state index is -1.01. The molecule has 0 radical (unpaired) electrons. The fourth-order valence-corrected chi connectivity index (χ4v) is 2.62. The second-order valence-corrected chi connectivity index (χ2v) is 5.33. The Morgan fingerprint density at radius 2 is 2.47 bits per heavy atom. The fourth-order valence-electron chi connectivity index (χ4n) is 0.901. The van der Waals surface area contributed by atoms with Gasteiger partial charge in [0.1, 0.15) is 10.9 Å². The van der Waals surface area contributed by atoms with E-state index in [-0.39, 0.29) is 19.3 Å². The number of hydrogen-bond acceptors (Lipinski definition) is 4. The van der Waals surface area contributed by atoms with Gasteiger partial charge in [-0.05, 0) is 22.0 Å². The first kappa shape index (κ1) is 12.9. The molecule has 7 heteroatoms. The van der Waals surface area contributed by atoms with Crippen molar-refractivity contribution in [1.82, 2.24) is 0 Å². The molecule has 1 unspecified atom stereocenters. The predicted octanol–water partition coefficient (Wildman–Crippen LogP) is 2.26. The van der Waals surface area contributed by atoms with Gasteiger partial charge in [0.05, 0.1) is 12.6 Å². The molecule has 0 fully saturated rings. The Morgan fingerprint density at radius 1 is 1.80 bits per heavy atom. The maximum Gasteiger partial charge on any atom is 0.329 e. The number of aliphatic carboxylic acids is 1. The minimum Gasteiger partial charge on any atom is -0.480 e. The molecule has 1 heterocycles. The largest absolute Gasteiger partial charge is 0.480 e. The number of hydrogen-bond donors (Lipinski definition) is 2. The van der Waals surface area contributed by atoms with Gasteiger partial charge in [-0.25, -0.2) is 4.79 Å². The molecule has 1 aromatic rings. The van der Waals surface area contributed by atoms with Crippen molar-refractivity contribution in [2.75, 3.05) is 13.2 Å². The maximum absolute atomic E-state index is 10.2. The Morgan fingerprint density at radius 3 is 2.93 bits per heavy atom. The SMILES string of the molecule is NC(COCC(=O)O)c1cc(Br)c(Cl)s1. The Hall–Kier alpha value is -0.140. The Labute approximate surface area is 104 Å². The van der Waals surface area contributed by atoms with E-state index in [9.17, 15) is 4.79 Å². The molecule has 0 aliphatic carbocycles. The van der Waals surface area contributed by atoms with Gasteiger partial charge in [0.25, 0.3) is 0 Å². The molecule has 0 saturated heterocycles. The van der Waals surface area contributed by atoms with Crippen LogP contribution in [0.2, 0.25) is 4.34 Å². The van der Waals surface area contributed by atoms with Gasteiger partial charge in [0, 0.05) is 9.35 Å². The molecule has 1 atom stereocenters. The highest BCUT2D eigenvalue weighted by Gasteiger charge is 2.12. The van der Waals surface area contributed by atoms with Crippen LogP contribution < -0.4 is 5.73 Å². The number of rotatable bonds is 5. The van der Waals surface area contributed by atoms with Crippen LogP contribution in [0.5, 0.6) is 0 Å². The molecule has 15 heavy (non-hydrogen) atoms. The van der Waals surface area contributed by atoms with Crippen molar-refractivity contribution in [2.45, 2.75) is 6.04 Å². The number of thiophene rings is 1. The topological polar surface area (TPSA) is 72.5 Å². The van der Waals surface area contributed by atoms with Crippen molar-refractivity contribution in [2.24, 2.45) is 5.73 Å². The number of carbonyl (C=O) groups is 1. The van der Waals surface area contributed by atoms with Crippen LogP contribution >= 0.6 is 38.9 Å². The minimum absolute atomic E-state index is 0.162. The third-order valence-corrected chi connectivity index (χ3v) is 4.16. The lowest BCUT2D eigenvalue weighted by Crippen LogP contribution is -2.18. The number of carboxylic acids is 1. The van der Waals surface area contributed by atoms with Gasteiger partial charge >= 0.3 is 5.97 Å². The summed E-state index contributed by atoms with van der Waals surface area (Å²) in [4.78, 5) is 11.0. The van der Waals surface area contributed by atoms with E-state index in [0.29, 0.717) is 4.34 Å². The highest BCUT2D eigenvalue weighted by Crippen LogP contribution is 2.34. The first-order valence-electron chi connectivity index (χ1n) is 4.00. The molecule has 0 aliphatic heterocycles. The molecule has 1 aromatic heterocycles. The number of nitrogens with two attached hydrogens (primary N) is 1. The lowest BCUT2D eigenvalue weighted by molar-refractivity contribution is -0.142. The smallest absolute Gasteiger partial charge is 0.329 e. The maximum atomic E-state index is 10.2. The number of halogens is 2. The monoisotopic (exact) mass is 313 g/mol. The molecule has 84 valence electrons. The van der Waals surface area contributed by atoms with Crippen molar-refractivity contribution in [3.05, 3.63) is 19.8 Å². The van der Waals surface area contributed by atoms with Gasteiger partial charge in [-0.3, -0.25) is 0 Å². The summed E-state index contributed by atoms with van der Waals surface area (Å²) in [7, 11) is 0. The highest BCUT2D eigenvalue weighted by molar-refractivity contribution is 9.10. The predicted molar refractivity (Wildman–Crippen MR) is 62.4 cm³/mol. The van der Waals surface area contributed by atoms with E-state index in [2.05, 4.69) is 15.9 Å². The van der Waals surface area contributed by atoms with E-state index >= 15 is 0 Å². The van der Waals surface area contributed by atoms with E-state index in [0.717, 1.165) is 9.35 Å². The van der Waals surface area contributed by atoms with Crippen molar-refractivity contribution < 1.29 is 14.6 Å². The standard InChI is InChI=1S/C8H9BrClNO3S/c9-4-1-6(15-8(4)10)5(11)2-14-3-7(12)13/h1,5H,2-3,11H2,(H,12,13). The molecule has 0 amide bonds. The third kappa shape index (κ3) is 4.08. The van der Waals surface area contributed by atoms with Crippen LogP contribution in [0.4, 0.5) is 0 Å². The average Bonchev–Trinajstić information content (AvgIpc) is 2.46. The first-order valence-corrected chi connectivity index (χ1v) is 5.99. The molecule has 0 spiro atoms. The van der Waals surface area contributed by atoms with E-state index in [4.69, 9.17) is 27.2 Å². The van der Waals surface area contributed by atoms with E-state index < -0.39 is 5.97 Å². The molecule has 3 N–H and O–H groups in total. The second-order valence-electron chi connectivity index (χ2n) is 2.79. The quantitative estimate of drug-likeness (QED) is 0.874. The Bertz CT molecular complexity index is 338. The summed E-state index contributed by atoms with van der Waals surface area (Å²) in [6, 6.07) is 1.46. The molecule has 0 aliphatic rings. The van der Waals surface area contributed by atoms with E-state index in [1.165, 1.54) is 11.3 Å². The molecular weight excluding hydrogens is 306 g/mol. The van der Waals surface area contributed by atoms with Gasteiger partial charge < -0.3 is 15.6 Å². The van der Waals surface area contributed by atoms with Gasteiger partial charge in [0.15, 0.2) is 0 Å². The van der Waals surface area contributed by atoms with Crippen LogP contribution in [0, 0.1) is 0 Å². The summed E-state index contributed by atoms with van der Waals surface area (Å²) in [6.45, 7) is -0.177. The van der Waals surface area contributed by atoms with Gasteiger partial charge in [-0.1, -0.05) is 11.6 Å². The summed E-state index contributed by atoms with van der Waals surface area (Å²) >= 11 is 10.5. The van der Waals surface area contributed by atoms with Crippen molar-refractivity contribution >= 4 is 44.8 Å². The van der Waals surface area contributed by atoms with Crippen molar-refractivity contribution in [1.29, 1.82) is 0 Å². The normalized spacial score (nSPS) is 12.7. The van der Waals surface area contributed by atoms with E-state index in [1.54, 1.807) is 0 Å². The van der Waals surface area contributed by atoms with Crippen molar-refractivity contribution in [3.63, 3.8) is 0 Å². The Balaban J connectivity index is 2.46. The van der Waals surface area contributed by atoms with Crippen LogP contribution in [0.1, 0.15) is 10.9 Å². The summed E-state index contributed by atoms with van der Waals surface area (Å²) in [5, 5.41) is 8.35. The molecule has 4 nitrogen and oxygen atoms in total. The fraction of sp³-hybridized carbons (Fsp3) is 0.375. The van der Waals surface area contributed by atoms with E-state index in [1.807, 2.05) is 6.07 Å². The summed E-state index contributed by atoms with van der Waals surface area (Å²) in [5.41, 5.74) is 5.78. The molecule has 0 bridgehead atoms. The van der Waals surface area contributed by atoms with Gasteiger partial charge in [-0.15, -0.1) is 11.3 Å². The van der Waals surface area contributed by atoms with Crippen LogP contribution in [-0.4, -0.2) is 24.3 Å². The molecular formula is C8H9BrClNO3S. The zero-order valence-corrected chi connectivity index (χ0v) is 10.7. The van der Waals surface area contributed by atoms with Crippen molar-refractivity contribution in [3.8, 4) is 0 Å². The lowest BCUT2D eigenvalue weighted by atomic mass is 10.3. The molecule has 0 aromatic carbocycles. The molecule has 1 rings (SSSR count). The summed E-state index contributed by atoms with van der Waals surface area (Å²) < 4.78 is 6.30. The number of carboxylic acid groups (broad SMARTS) is 1. The summed E-state index contributed by atoms with van der Waals surface area (Å²) in [5.74, 6) is -1.01. The van der Waals surface area contributed by atoms with Gasteiger partial charge in [-0.2, -0.15) is 0 Å². The highest BCUT2D eigenvalue weighted by atomic mass is 79.9. The number of ether oxygens (including phenoxy) is 1. The van der Waals surface area contributed by atoms with Crippen LogP contribution in [0.3, 0.4) is 0 Å². The second kappa shape index (κ2) is 5.81. The summed E-state index contributed by atoms with van der Waals surface area (Å²) in [6.07, 6.45) is 0. The first-order chi connectivity index (χ1) is 7.00. The third-order valence-electron chi connectivity index (χ3n) is 1.55. The molecule has 0 saturated carbocycles. The zero-order chi connectivity index (χ0) is 11.4. The van der Waals surface area contributed by atoms with Crippen LogP contribution in [-0.2, 0) is 9.53 Å². The van der Waals surface area contributed by atoms with Crippen LogP contribution in [0.15, 0.2) is 10.5 Å². The Kier molecular flexibility index (Phi) is 5.01. The lowest BCUT2D eigenvalue weighted by Gasteiger charge is -2.08.